The van der Waals surface area contributed by atoms with Crippen molar-refractivity contribution in [3.05, 3.63) is 0 Å². The second-order valence-corrected chi connectivity index (χ2v) is 6.45. The molecule has 0 amide bonds. The number of hydrogen-bond donors (Lipinski definition) is 1. The van der Waals surface area contributed by atoms with Crippen molar-refractivity contribution in [3.8, 4) is 0 Å². The summed E-state index contributed by atoms with van der Waals surface area (Å²) in [7, 11) is 0. The van der Waals surface area contributed by atoms with E-state index in [9.17, 15) is 0 Å². The van der Waals surface area contributed by atoms with Gasteiger partial charge < -0.3 is 5.32 Å². The molecule has 1 aliphatic carbocycles. The zero-order valence-corrected chi connectivity index (χ0v) is 12.6. The molecule has 4 unspecified atom stereocenters. The highest BCUT2D eigenvalue weighted by atomic mass is 15.2. The van der Waals surface area contributed by atoms with Gasteiger partial charge in [-0.25, -0.2) is 0 Å². The van der Waals surface area contributed by atoms with Crippen molar-refractivity contribution in [2.24, 2.45) is 5.92 Å². The van der Waals surface area contributed by atoms with Gasteiger partial charge in [-0.15, -0.1) is 0 Å². The van der Waals surface area contributed by atoms with Crippen LogP contribution in [0.15, 0.2) is 0 Å². The van der Waals surface area contributed by atoms with Crippen molar-refractivity contribution in [1.82, 2.24) is 10.2 Å². The second-order valence-electron chi connectivity index (χ2n) is 6.45. The van der Waals surface area contributed by atoms with E-state index in [-0.39, 0.29) is 0 Å². The normalized spacial score (nSPS) is 38.8. The average Bonchev–Trinajstić information content (AvgIpc) is 2.41. The van der Waals surface area contributed by atoms with Gasteiger partial charge in [-0.05, 0) is 57.5 Å². The molecule has 0 aromatic carbocycles. The van der Waals surface area contributed by atoms with Crippen LogP contribution in [0.2, 0.25) is 0 Å². The Morgan fingerprint density at radius 1 is 1.11 bits per heavy atom. The quantitative estimate of drug-likeness (QED) is 0.825. The van der Waals surface area contributed by atoms with Gasteiger partial charge in [0.25, 0.3) is 0 Å². The lowest BCUT2D eigenvalue weighted by molar-refractivity contribution is 0.0383. The maximum absolute atomic E-state index is 3.76. The van der Waals surface area contributed by atoms with Gasteiger partial charge in [0.1, 0.15) is 0 Å². The molecular weight excluding hydrogens is 220 g/mol. The Kier molecular flexibility index (Phi) is 5.50. The molecule has 1 heterocycles. The van der Waals surface area contributed by atoms with Gasteiger partial charge in [-0.1, -0.05) is 27.2 Å². The molecule has 0 radical (unpaired) electrons. The lowest BCUT2D eigenvalue weighted by Crippen LogP contribution is -2.57. The molecule has 0 bridgehead atoms. The number of likely N-dealkylation sites (N-methyl/N-ethyl adjacent to an activating group) is 1. The van der Waals surface area contributed by atoms with Crippen LogP contribution in [0.25, 0.3) is 0 Å². The summed E-state index contributed by atoms with van der Waals surface area (Å²) in [6.07, 6.45) is 9.84. The Hall–Kier alpha value is -0.0800. The first-order chi connectivity index (χ1) is 8.76. The van der Waals surface area contributed by atoms with Gasteiger partial charge in [0.15, 0.2) is 0 Å². The number of nitrogens with zero attached hydrogens (tertiary/aromatic N) is 1. The van der Waals surface area contributed by atoms with E-state index in [0.29, 0.717) is 0 Å². The molecule has 1 saturated heterocycles. The molecule has 2 heteroatoms. The molecule has 1 saturated carbocycles. The van der Waals surface area contributed by atoms with Crippen LogP contribution in [0.3, 0.4) is 0 Å². The van der Waals surface area contributed by atoms with Crippen LogP contribution in [0.1, 0.15) is 65.7 Å². The third kappa shape index (κ3) is 3.27. The summed E-state index contributed by atoms with van der Waals surface area (Å²) in [5.74, 6) is 0.921. The Balaban J connectivity index is 2.04. The molecule has 106 valence electrons. The van der Waals surface area contributed by atoms with E-state index in [1.165, 1.54) is 51.5 Å². The van der Waals surface area contributed by atoms with E-state index in [1.54, 1.807) is 0 Å². The van der Waals surface area contributed by atoms with E-state index < -0.39 is 0 Å². The molecule has 2 aliphatic rings. The van der Waals surface area contributed by atoms with E-state index in [1.807, 2.05) is 0 Å². The standard InChI is InChI=1S/C16H32N2/c1-4-14-8-6-7-11-18(14)16-12-13(3)9-10-15(16)17-5-2/h13-17H,4-12H2,1-3H3. The highest BCUT2D eigenvalue weighted by Gasteiger charge is 2.36. The van der Waals surface area contributed by atoms with E-state index in [4.69, 9.17) is 0 Å². The highest BCUT2D eigenvalue weighted by Crippen LogP contribution is 2.32. The first-order valence-electron chi connectivity index (χ1n) is 8.25. The molecule has 1 N–H and O–H groups in total. The van der Waals surface area contributed by atoms with E-state index in [0.717, 1.165) is 30.6 Å². The Morgan fingerprint density at radius 3 is 2.67 bits per heavy atom. The van der Waals surface area contributed by atoms with Crippen LogP contribution in [-0.4, -0.2) is 36.1 Å². The van der Waals surface area contributed by atoms with Crippen LogP contribution >= 0.6 is 0 Å². The van der Waals surface area contributed by atoms with Crippen LogP contribution < -0.4 is 5.32 Å². The fourth-order valence-electron chi connectivity index (χ4n) is 4.12. The minimum atomic E-state index is 0.748. The number of hydrogen-bond acceptors (Lipinski definition) is 2. The van der Waals surface area contributed by atoms with E-state index in [2.05, 4.69) is 31.0 Å². The maximum Gasteiger partial charge on any atom is 0.0254 e. The van der Waals surface area contributed by atoms with Crippen molar-refractivity contribution < 1.29 is 0 Å². The molecule has 0 aromatic rings. The highest BCUT2D eigenvalue weighted by molar-refractivity contribution is 4.93. The van der Waals surface area contributed by atoms with Crippen LogP contribution in [-0.2, 0) is 0 Å². The molecule has 0 spiro atoms. The third-order valence-electron chi connectivity index (χ3n) is 5.12. The lowest BCUT2D eigenvalue weighted by atomic mass is 9.80. The molecule has 2 nitrogen and oxygen atoms in total. The van der Waals surface area contributed by atoms with Crippen LogP contribution in [0, 0.1) is 5.92 Å². The third-order valence-corrected chi connectivity index (χ3v) is 5.12. The number of piperidine rings is 1. The Labute approximate surface area is 114 Å². The SMILES string of the molecule is CCNC1CCC(C)CC1N1CCCCC1CC. The second kappa shape index (κ2) is 6.91. The van der Waals surface area contributed by atoms with Gasteiger partial charge in [0.05, 0.1) is 0 Å². The van der Waals surface area contributed by atoms with Crippen LogP contribution in [0.5, 0.6) is 0 Å². The van der Waals surface area contributed by atoms with E-state index >= 15 is 0 Å². The monoisotopic (exact) mass is 252 g/mol. The van der Waals surface area contributed by atoms with Crippen LogP contribution in [0.4, 0.5) is 0 Å². The Morgan fingerprint density at radius 2 is 1.94 bits per heavy atom. The molecule has 4 atom stereocenters. The minimum Gasteiger partial charge on any atom is -0.313 e. The topological polar surface area (TPSA) is 15.3 Å². The zero-order valence-electron chi connectivity index (χ0n) is 12.6. The molecule has 1 aliphatic heterocycles. The zero-order chi connectivity index (χ0) is 13.0. The summed E-state index contributed by atoms with van der Waals surface area (Å²) in [4.78, 5) is 2.87. The first kappa shape index (κ1) is 14.3. The number of likely N-dealkylation sites (tertiary alicyclic amines) is 1. The largest absolute Gasteiger partial charge is 0.313 e. The summed E-state index contributed by atoms with van der Waals surface area (Å²) in [5, 5.41) is 3.76. The molecular formula is C16H32N2. The van der Waals surface area contributed by atoms with Gasteiger partial charge >= 0.3 is 0 Å². The van der Waals surface area contributed by atoms with Crippen molar-refractivity contribution in [1.29, 1.82) is 0 Å². The van der Waals surface area contributed by atoms with Gasteiger partial charge in [0.2, 0.25) is 0 Å². The maximum atomic E-state index is 3.76. The summed E-state index contributed by atoms with van der Waals surface area (Å²) >= 11 is 0. The van der Waals surface area contributed by atoms with Crippen molar-refractivity contribution in [2.45, 2.75) is 83.8 Å². The molecule has 18 heavy (non-hydrogen) atoms. The lowest BCUT2D eigenvalue weighted by Gasteiger charge is -2.47. The molecule has 0 aromatic heterocycles. The molecule has 2 rings (SSSR count). The fourth-order valence-corrected chi connectivity index (χ4v) is 4.12. The predicted octanol–water partition coefficient (Wildman–Crippen LogP) is 3.42. The minimum absolute atomic E-state index is 0.748. The summed E-state index contributed by atoms with van der Waals surface area (Å²) in [5.41, 5.74) is 0. The summed E-state index contributed by atoms with van der Waals surface area (Å²) in [6.45, 7) is 9.54. The first-order valence-corrected chi connectivity index (χ1v) is 8.25. The number of rotatable bonds is 4. The number of nitrogens with one attached hydrogen (secondary N) is 1. The smallest absolute Gasteiger partial charge is 0.0254 e. The summed E-state index contributed by atoms with van der Waals surface area (Å²) in [6, 6.07) is 2.41. The Bertz CT molecular complexity index is 241. The van der Waals surface area contributed by atoms with Crippen molar-refractivity contribution >= 4 is 0 Å². The predicted molar refractivity (Wildman–Crippen MR) is 78.9 cm³/mol. The fraction of sp³-hybridized carbons (Fsp3) is 1.00. The average molecular weight is 252 g/mol. The molecule has 2 fully saturated rings. The van der Waals surface area contributed by atoms with Gasteiger partial charge in [-0.3, -0.25) is 4.90 Å². The summed E-state index contributed by atoms with van der Waals surface area (Å²) < 4.78 is 0. The van der Waals surface area contributed by atoms with Crippen molar-refractivity contribution in [2.75, 3.05) is 13.1 Å². The van der Waals surface area contributed by atoms with Crippen molar-refractivity contribution in [3.63, 3.8) is 0 Å². The van der Waals surface area contributed by atoms with Gasteiger partial charge in [0, 0.05) is 18.1 Å². The van der Waals surface area contributed by atoms with Gasteiger partial charge in [-0.2, -0.15) is 0 Å².